The van der Waals surface area contributed by atoms with Crippen molar-refractivity contribution >= 4 is 5.91 Å². The maximum atomic E-state index is 12.6. The number of hydrogen-bond acceptors (Lipinski definition) is 5. The highest BCUT2D eigenvalue weighted by Crippen LogP contribution is 2.24. The molecule has 32 heavy (non-hydrogen) atoms. The number of hydrogen-bond donors (Lipinski definition) is 1. The summed E-state index contributed by atoms with van der Waals surface area (Å²) in [4.78, 5) is 12.6. The zero-order valence-electron chi connectivity index (χ0n) is 18.2. The molecule has 0 atom stereocenters. The van der Waals surface area contributed by atoms with Gasteiger partial charge in [0.15, 0.2) is 0 Å². The monoisotopic (exact) mass is 427 g/mol. The van der Waals surface area contributed by atoms with Gasteiger partial charge in [0.1, 0.15) is 0 Å². The van der Waals surface area contributed by atoms with E-state index in [1.54, 1.807) is 12.1 Å². The van der Waals surface area contributed by atoms with E-state index in [9.17, 15) is 4.79 Å². The summed E-state index contributed by atoms with van der Waals surface area (Å²) in [6.07, 6.45) is 0. The molecular formula is C26H25N3O3. The van der Waals surface area contributed by atoms with E-state index in [-0.39, 0.29) is 5.91 Å². The molecular weight excluding hydrogens is 402 g/mol. The molecule has 6 heteroatoms. The van der Waals surface area contributed by atoms with Crippen molar-refractivity contribution in [1.29, 1.82) is 0 Å². The number of carbonyl (C=O) groups is 1. The molecule has 0 aliphatic heterocycles. The highest BCUT2D eigenvalue weighted by Gasteiger charge is 2.12. The Morgan fingerprint density at radius 3 is 2.34 bits per heavy atom. The zero-order valence-corrected chi connectivity index (χ0v) is 18.2. The zero-order chi connectivity index (χ0) is 22.3. The lowest BCUT2D eigenvalue weighted by Gasteiger charge is -2.11. The second kappa shape index (κ2) is 10.0. The summed E-state index contributed by atoms with van der Waals surface area (Å²) in [7, 11) is 0. The molecule has 0 spiro atoms. The van der Waals surface area contributed by atoms with E-state index in [0.29, 0.717) is 37.1 Å². The van der Waals surface area contributed by atoms with Crippen molar-refractivity contribution in [1.82, 2.24) is 15.5 Å². The quantitative estimate of drug-likeness (QED) is 0.419. The molecule has 162 valence electrons. The smallest absolute Gasteiger partial charge is 0.251 e. The van der Waals surface area contributed by atoms with Gasteiger partial charge in [-0.25, -0.2) is 0 Å². The van der Waals surface area contributed by atoms with Crippen LogP contribution in [0.15, 0.2) is 77.2 Å². The van der Waals surface area contributed by atoms with Crippen molar-refractivity contribution in [3.63, 3.8) is 0 Å². The molecule has 3 aromatic carbocycles. The normalized spacial score (nSPS) is 10.8. The highest BCUT2D eigenvalue weighted by molar-refractivity contribution is 5.94. The van der Waals surface area contributed by atoms with Gasteiger partial charge in [0.05, 0.1) is 6.61 Å². The van der Waals surface area contributed by atoms with Gasteiger partial charge in [-0.2, -0.15) is 0 Å². The number of ether oxygens (including phenoxy) is 1. The van der Waals surface area contributed by atoms with E-state index in [4.69, 9.17) is 9.15 Å². The molecule has 0 aliphatic carbocycles. The lowest BCUT2D eigenvalue weighted by molar-refractivity contribution is 0.0950. The summed E-state index contributed by atoms with van der Waals surface area (Å²) >= 11 is 0. The van der Waals surface area contributed by atoms with Crippen LogP contribution in [0, 0.1) is 6.92 Å². The van der Waals surface area contributed by atoms with E-state index in [1.807, 2.05) is 74.5 Å². The first-order valence-electron chi connectivity index (χ1n) is 10.6. The molecule has 0 bridgehead atoms. The Hall–Kier alpha value is -3.77. The number of aryl methyl sites for hydroxylation is 1. The predicted molar refractivity (Wildman–Crippen MR) is 123 cm³/mol. The molecule has 0 radical (unpaired) electrons. The molecule has 0 unspecified atom stereocenters. The van der Waals surface area contributed by atoms with Crippen molar-refractivity contribution in [2.75, 3.05) is 6.61 Å². The third-order valence-corrected chi connectivity index (χ3v) is 5.10. The summed E-state index contributed by atoms with van der Waals surface area (Å²) in [6.45, 7) is 5.60. The van der Waals surface area contributed by atoms with Gasteiger partial charge in [-0.15, -0.1) is 10.2 Å². The van der Waals surface area contributed by atoms with Gasteiger partial charge >= 0.3 is 0 Å². The largest absolute Gasteiger partial charge is 0.416 e. The van der Waals surface area contributed by atoms with Crippen LogP contribution in [-0.2, 0) is 17.9 Å². The first-order chi connectivity index (χ1) is 15.6. The van der Waals surface area contributed by atoms with Crippen LogP contribution < -0.4 is 5.32 Å². The number of nitrogens with one attached hydrogen (secondary N) is 1. The van der Waals surface area contributed by atoms with Gasteiger partial charge in [-0.3, -0.25) is 4.79 Å². The molecule has 1 amide bonds. The van der Waals surface area contributed by atoms with Gasteiger partial charge in [0, 0.05) is 29.8 Å². The summed E-state index contributed by atoms with van der Waals surface area (Å²) in [5.74, 6) is 0.739. The standard InChI is InChI=1S/C26H25N3O3/c1-3-31-17-23-9-5-4-8-22(23)16-27-24(30)19-11-13-20(14-12-19)25-28-29-26(32-25)21-10-6-7-18(2)15-21/h4-15H,3,16-17H2,1-2H3,(H,27,30). The van der Waals surface area contributed by atoms with Crippen LogP contribution in [0.2, 0.25) is 0 Å². The fourth-order valence-electron chi connectivity index (χ4n) is 3.36. The highest BCUT2D eigenvalue weighted by atomic mass is 16.5. The van der Waals surface area contributed by atoms with Gasteiger partial charge in [-0.1, -0.05) is 42.0 Å². The molecule has 0 saturated heterocycles. The minimum absolute atomic E-state index is 0.145. The molecule has 1 N–H and O–H groups in total. The molecule has 6 nitrogen and oxygen atoms in total. The number of aromatic nitrogens is 2. The average Bonchev–Trinajstić information content (AvgIpc) is 3.32. The second-order valence-corrected chi connectivity index (χ2v) is 7.45. The molecule has 1 aromatic heterocycles. The van der Waals surface area contributed by atoms with E-state index < -0.39 is 0 Å². The maximum absolute atomic E-state index is 12.6. The first-order valence-corrected chi connectivity index (χ1v) is 10.6. The van der Waals surface area contributed by atoms with E-state index in [1.165, 1.54) is 0 Å². The van der Waals surface area contributed by atoms with Gasteiger partial charge in [-0.05, 0) is 61.4 Å². The van der Waals surface area contributed by atoms with Gasteiger partial charge in [0.25, 0.3) is 5.91 Å². The van der Waals surface area contributed by atoms with Gasteiger partial charge in [0.2, 0.25) is 11.8 Å². The van der Waals surface area contributed by atoms with Crippen molar-refractivity contribution in [2.24, 2.45) is 0 Å². The van der Waals surface area contributed by atoms with Crippen LogP contribution in [-0.4, -0.2) is 22.7 Å². The summed E-state index contributed by atoms with van der Waals surface area (Å²) in [5.41, 5.74) is 5.44. The fraction of sp³-hybridized carbons (Fsp3) is 0.192. The Morgan fingerprint density at radius 2 is 1.62 bits per heavy atom. The Kier molecular flexibility index (Phi) is 6.72. The van der Waals surface area contributed by atoms with E-state index >= 15 is 0 Å². The first kappa shape index (κ1) is 21.5. The van der Waals surface area contributed by atoms with E-state index in [2.05, 4.69) is 15.5 Å². The summed E-state index contributed by atoms with van der Waals surface area (Å²) in [6, 6.07) is 23.0. The Labute approximate surface area is 187 Å². The van der Waals surface area contributed by atoms with Crippen LogP contribution in [0.4, 0.5) is 0 Å². The topological polar surface area (TPSA) is 77.2 Å². The van der Waals surface area contributed by atoms with Crippen molar-refractivity contribution in [3.05, 3.63) is 95.1 Å². The molecule has 0 fully saturated rings. The van der Waals surface area contributed by atoms with Crippen LogP contribution in [0.25, 0.3) is 22.9 Å². The van der Waals surface area contributed by atoms with Gasteiger partial charge < -0.3 is 14.5 Å². The number of carbonyl (C=O) groups excluding carboxylic acids is 1. The van der Waals surface area contributed by atoms with Crippen molar-refractivity contribution < 1.29 is 13.9 Å². The Balaban J connectivity index is 1.41. The number of nitrogens with zero attached hydrogens (tertiary/aromatic N) is 2. The summed E-state index contributed by atoms with van der Waals surface area (Å²) < 4.78 is 11.3. The third kappa shape index (κ3) is 5.10. The lowest BCUT2D eigenvalue weighted by atomic mass is 10.1. The predicted octanol–water partition coefficient (Wildman–Crippen LogP) is 5.18. The Morgan fingerprint density at radius 1 is 0.906 bits per heavy atom. The van der Waals surface area contributed by atoms with Crippen molar-refractivity contribution in [2.45, 2.75) is 27.0 Å². The third-order valence-electron chi connectivity index (χ3n) is 5.10. The number of amides is 1. The molecule has 4 aromatic rings. The molecule has 4 rings (SSSR count). The molecule has 0 aliphatic rings. The summed E-state index contributed by atoms with van der Waals surface area (Å²) in [5, 5.41) is 11.3. The number of rotatable bonds is 8. The minimum Gasteiger partial charge on any atom is -0.416 e. The number of benzene rings is 3. The van der Waals surface area contributed by atoms with Crippen LogP contribution >= 0.6 is 0 Å². The van der Waals surface area contributed by atoms with Crippen LogP contribution in [0.5, 0.6) is 0 Å². The lowest BCUT2D eigenvalue weighted by Crippen LogP contribution is -2.23. The SMILES string of the molecule is CCOCc1ccccc1CNC(=O)c1ccc(-c2nnc(-c3cccc(C)c3)o2)cc1. The van der Waals surface area contributed by atoms with Crippen LogP contribution in [0.3, 0.4) is 0 Å². The van der Waals surface area contributed by atoms with Crippen molar-refractivity contribution in [3.8, 4) is 22.9 Å². The van der Waals surface area contributed by atoms with E-state index in [0.717, 1.165) is 27.8 Å². The fourth-order valence-corrected chi connectivity index (χ4v) is 3.36. The maximum Gasteiger partial charge on any atom is 0.251 e. The Bertz CT molecular complexity index is 1200. The molecule has 1 heterocycles. The second-order valence-electron chi connectivity index (χ2n) is 7.45. The minimum atomic E-state index is -0.145. The molecule has 0 saturated carbocycles. The average molecular weight is 428 g/mol. The van der Waals surface area contributed by atoms with Crippen LogP contribution in [0.1, 0.15) is 34.0 Å².